The van der Waals surface area contributed by atoms with Crippen LogP contribution in [0.15, 0.2) is 60.8 Å². The number of urea groups is 1. The summed E-state index contributed by atoms with van der Waals surface area (Å²) in [5, 5.41) is 3.77. The Balaban J connectivity index is 1.49. The second-order valence-electron chi connectivity index (χ2n) is 9.16. The van der Waals surface area contributed by atoms with Gasteiger partial charge in [-0.3, -0.25) is 0 Å². The average molecular weight is 506 g/mol. The summed E-state index contributed by atoms with van der Waals surface area (Å²) in [5.74, 6) is -0.580. The molecule has 1 aliphatic heterocycles. The molecule has 184 valence electrons. The van der Waals surface area contributed by atoms with Crippen molar-refractivity contribution < 1.29 is 18.3 Å². The van der Waals surface area contributed by atoms with E-state index >= 15 is 0 Å². The van der Waals surface area contributed by atoms with Crippen molar-refractivity contribution in [2.45, 2.75) is 38.3 Å². The SMILES string of the molecule is COc1ccc(C2c3cccn3-c3sc4c(c3CN2C(=O)Nc2cc(F)ccc2F)CCCC4)cc1. The minimum atomic E-state index is -0.683. The van der Waals surface area contributed by atoms with Gasteiger partial charge in [0.15, 0.2) is 0 Å². The molecule has 2 aliphatic rings. The maximum atomic E-state index is 14.5. The molecule has 1 aliphatic carbocycles. The molecule has 0 saturated carbocycles. The lowest BCUT2D eigenvalue weighted by Gasteiger charge is -2.31. The third-order valence-corrected chi connectivity index (χ3v) is 8.37. The van der Waals surface area contributed by atoms with Gasteiger partial charge < -0.3 is 19.5 Å². The van der Waals surface area contributed by atoms with Gasteiger partial charge in [0.1, 0.15) is 22.4 Å². The summed E-state index contributed by atoms with van der Waals surface area (Å²) in [6.07, 6.45) is 6.37. The molecule has 1 N–H and O–H groups in total. The Hall–Kier alpha value is -3.65. The molecule has 0 bridgehead atoms. The van der Waals surface area contributed by atoms with Crippen LogP contribution < -0.4 is 10.1 Å². The number of methoxy groups -OCH3 is 1. The summed E-state index contributed by atoms with van der Waals surface area (Å²) in [5.41, 5.74) is 4.12. The summed E-state index contributed by atoms with van der Waals surface area (Å²) in [6.45, 7) is 0.363. The van der Waals surface area contributed by atoms with E-state index in [2.05, 4.69) is 9.88 Å². The van der Waals surface area contributed by atoms with E-state index in [9.17, 15) is 13.6 Å². The van der Waals surface area contributed by atoms with Crippen molar-refractivity contribution in [2.75, 3.05) is 12.4 Å². The largest absolute Gasteiger partial charge is 0.497 e. The predicted octanol–water partition coefficient (Wildman–Crippen LogP) is 6.84. The standard InChI is InChI=1S/C28H25F2N3O2S/c1-35-19-11-8-17(9-12-19)26-24-6-4-14-32(24)27-21(20-5-2-3-7-25(20)36-27)16-33(26)28(34)31-23-15-18(29)10-13-22(23)30/h4,6,8-15,26H,2-3,5,7,16H2,1H3,(H,31,34). The van der Waals surface area contributed by atoms with Crippen molar-refractivity contribution in [3.63, 3.8) is 0 Å². The second-order valence-corrected chi connectivity index (χ2v) is 10.2. The van der Waals surface area contributed by atoms with Gasteiger partial charge in [0.2, 0.25) is 0 Å². The van der Waals surface area contributed by atoms with Gasteiger partial charge in [0.05, 0.1) is 31.1 Å². The molecule has 3 heterocycles. The fraction of sp³-hybridized carbons (Fsp3) is 0.250. The normalized spacial score (nSPS) is 16.5. The van der Waals surface area contributed by atoms with Crippen LogP contribution in [0.2, 0.25) is 0 Å². The van der Waals surface area contributed by atoms with Crippen molar-refractivity contribution in [3.05, 3.63) is 99.7 Å². The molecule has 4 aromatic rings. The number of fused-ring (bicyclic) bond motifs is 5. The van der Waals surface area contributed by atoms with Gasteiger partial charge in [-0.05, 0) is 73.2 Å². The number of rotatable bonds is 3. The highest BCUT2D eigenvalue weighted by Crippen LogP contribution is 2.44. The minimum Gasteiger partial charge on any atom is -0.497 e. The lowest BCUT2D eigenvalue weighted by molar-refractivity contribution is 0.194. The van der Waals surface area contributed by atoms with E-state index in [0.717, 1.165) is 59.3 Å². The van der Waals surface area contributed by atoms with Crippen LogP contribution in [0.1, 0.15) is 46.1 Å². The van der Waals surface area contributed by atoms with E-state index < -0.39 is 23.7 Å². The van der Waals surface area contributed by atoms with E-state index in [4.69, 9.17) is 4.74 Å². The maximum Gasteiger partial charge on any atom is 0.323 e. The average Bonchev–Trinajstić information content (AvgIpc) is 3.48. The monoisotopic (exact) mass is 505 g/mol. The number of thiophene rings is 1. The third kappa shape index (κ3) is 3.86. The molecule has 0 radical (unpaired) electrons. The molecular formula is C28H25F2N3O2S. The number of halogens is 2. The van der Waals surface area contributed by atoms with E-state index in [1.165, 1.54) is 16.9 Å². The maximum absolute atomic E-state index is 14.5. The quantitative estimate of drug-likeness (QED) is 0.331. The first-order chi connectivity index (χ1) is 17.5. The van der Waals surface area contributed by atoms with Crippen LogP contribution >= 0.6 is 11.3 Å². The number of carbonyl (C=O) groups is 1. The van der Waals surface area contributed by atoms with Crippen molar-refractivity contribution in [2.24, 2.45) is 0 Å². The van der Waals surface area contributed by atoms with Crippen molar-refractivity contribution in [1.82, 2.24) is 9.47 Å². The Morgan fingerprint density at radius 3 is 2.67 bits per heavy atom. The number of anilines is 1. The van der Waals surface area contributed by atoms with Gasteiger partial charge >= 0.3 is 6.03 Å². The highest BCUT2D eigenvalue weighted by molar-refractivity contribution is 7.15. The molecule has 8 heteroatoms. The number of aromatic nitrogens is 1. The van der Waals surface area contributed by atoms with E-state index in [1.807, 2.05) is 42.6 Å². The van der Waals surface area contributed by atoms with Crippen LogP contribution in [0.5, 0.6) is 5.75 Å². The van der Waals surface area contributed by atoms with Crippen LogP contribution in [0.4, 0.5) is 19.3 Å². The van der Waals surface area contributed by atoms with Crippen LogP contribution in [0.25, 0.3) is 5.00 Å². The summed E-state index contributed by atoms with van der Waals surface area (Å²) >= 11 is 1.80. The number of amides is 2. The molecule has 6 rings (SSSR count). The Bertz CT molecular complexity index is 1440. The first-order valence-electron chi connectivity index (χ1n) is 12.0. The molecule has 0 saturated heterocycles. The Morgan fingerprint density at radius 1 is 1.06 bits per heavy atom. The molecule has 1 atom stereocenters. The Kier molecular flexibility index (Phi) is 5.76. The first kappa shape index (κ1) is 22.8. The number of nitrogens with zero attached hydrogens (tertiary/aromatic N) is 2. The zero-order valence-electron chi connectivity index (χ0n) is 19.8. The molecule has 1 unspecified atom stereocenters. The molecule has 36 heavy (non-hydrogen) atoms. The van der Waals surface area contributed by atoms with Gasteiger partial charge in [-0.15, -0.1) is 11.3 Å². The summed E-state index contributed by atoms with van der Waals surface area (Å²) < 4.78 is 35.9. The Labute approximate surface area is 211 Å². The molecule has 2 aromatic heterocycles. The second kappa shape index (κ2) is 9.09. The number of benzene rings is 2. The van der Waals surface area contributed by atoms with Gasteiger partial charge in [-0.2, -0.15) is 0 Å². The molecule has 5 nitrogen and oxygen atoms in total. The predicted molar refractivity (Wildman–Crippen MR) is 136 cm³/mol. The zero-order valence-corrected chi connectivity index (χ0v) is 20.6. The van der Waals surface area contributed by atoms with Gasteiger partial charge in [-0.1, -0.05) is 12.1 Å². The summed E-state index contributed by atoms with van der Waals surface area (Å²) in [7, 11) is 1.61. The number of nitrogens with one attached hydrogen (secondary N) is 1. The number of hydrogen-bond acceptors (Lipinski definition) is 3. The van der Waals surface area contributed by atoms with Crippen LogP contribution in [0, 0.1) is 11.6 Å². The van der Waals surface area contributed by atoms with Crippen LogP contribution in [-0.4, -0.2) is 22.6 Å². The summed E-state index contributed by atoms with van der Waals surface area (Å²) in [4.78, 5) is 16.9. The molecule has 2 aromatic carbocycles. The number of hydrogen-bond donors (Lipinski definition) is 1. The fourth-order valence-corrected chi connectivity index (χ4v) is 6.71. The minimum absolute atomic E-state index is 0.180. The van der Waals surface area contributed by atoms with Gasteiger partial charge in [0.25, 0.3) is 0 Å². The highest BCUT2D eigenvalue weighted by Gasteiger charge is 2.36. The van der Waals surface area contributed by atoms with Crippen molar-refractivity contribution in [1.29, 1.82) is 0 Å². The number of carbonyl (C=O) groups excluding carboxylic acids is 1. The number of ether oxygens (including phenoxy) is 1. The molecular weight excluding hydrogens is 480 g/mol. The third-order valence-electron chi connectivity index (χ3n) is 7.04. The lowest BCUT2D eigenvalue weighted by atomic mass is 9.95. The van der Waals surface area contributed by atoms with Gasteiger partial charge in [-0.25, -0.2) is 13.6 Å². The zero-order chi connectivity index (χ0) is 24.8. The molecule has 0 spiro atoms. The lowest BCUT2D eigenvalue weighted by Crippen LogP contribution is -2.38. The van der Waals surface area contributed by atoms with Crippen molar-refractivity contribution in [3.8, 4) is 10.8 Å². The molecule has 2 amide bonds. The first-order valence-corrected chi connectivity index (χ1v) is 12.8. The van der Waals surface area contributed by atoms with E-state index in [1.54, 1.807) is 23.3 Å². The van der Waals surface area contributed by atoms with Gasteiger partial charge in [0, 0.05) is 22.7 Å². The smallest absolute Gasteiger partial charge is 0.323 e. The highest BCUT2D eigenvalue weighted by atomic mass is 32.1. The van der Waals surface area contributed by atoms with E-state index in [-0.39, 0.29) is 5.69 Å². The van der Waals surface area contributed by atoms with Crippen LogP contribution in [0.3, 0.4) is 0 Å². The summed E-state index contributed by atoms with van der Waals surface area (Å²) in [6, 6.07) is 13.8. The molecule has 0 fully saturated rings. The van der Waals surface area contributed by atoms with E-state index in [0.29, 0.717) is 12.3 Å². The Morgan fingerprint density at radius 2 is 1.86 bits per heavy atom. The van der Waals surface area contributed by atoms with Crippen LogP contribution in [-0.2, 0) is 19.4 Å². The topological polar surface area (TPSA) is 46.5 Å². The fourth-order valence-electron chi connectivity index (χ4n) is 5.30. The number of aryl methyl sites for hydroxylation is 1. The van der Waals surface area contributed by atoms with Crippen molar-refractivity contribution >= 4 is 23.1 Å².